The summed E-state index contributed by atoms with van der Waals surface area (Å²) in [5.41, 5.74) is 1.40. The van der Waals surface area contributed by atoms with Crippen molar-refractivity contribution in [3.63, 3.8) is 0 Å². The molecule has 0 aromatic heterocycles. The lowest BCUT2D eigenvalue weighted by molar-refractivity contribution is -0.118. The Labute approximate surface area is 217 Å². The summed E-state index contributed by atoms with van der Waals surface area (Å²) in [4.78, 5) is 39.5. The highest BCUT2D eigenvalue weighted by molar-refractivity contribution is 7.92. The minimum absolute atomic E-state index is 0.00469. The van der Waals surface area contributed by atoms with Crippen molar-refractivity contribution in [2.45, 2.75) is 46.5 Å². The van der Waals surface area contributed by atoms with Crippen LogP contribution in [0.4, 0.5) is 21.9 Å². The van der Waals surface area contributed by atoms with Crippen LogP contribution >= 0.6 is 0 Å². The van der Waals surface area contributed by atoms with E-state index < -0.39 is 27.4 Å². The number of hydrogen-bond donors (Lipinski definition) is 3. The molecule has 1 aliphatic rings. The van der Waals surface area contributed by atoms with Gasteiger partial charge in [0, 0.05) is 29.9 Å². The molecule has 1 fully saturated rings. The maximum absolute atomic E-state index is 13.4. The predicted octanol–water partition coefficient (Wildman–Crippen LogP) is 4.09. The van der Waals surface area contributed by atoms with Crippen molar-refractivity contribution >= 4 is 44.9 Å². The second kappa shape index (κ2) is 10.8. The lowest BCUT2D eigenvalue weighted by atomic mass is 9.84. The maximum Gasteiger partial charge on any atom is 0.328 e. The third kappa shape index (κ3) is 6.79. The molecule has 0 atom stereocenters. The van der Waals surface area contributed by atoms with E-state index in [0.29, 0.717) is 22.7 Å². The van der Waals surface area contributed by atoms with Gasteiger partial charge in [-0.05, 0) is 47.7 Å². The average molecular weight is 531 g/mol. The van der Waals surface area contributed by atoms with E-state index in [4.69, 9.17) is 4.74 Å². The Balaban J connectivity index is 1.95. The van der Waals surface area contributed by atoms with Crippen molar-refractivity contribution < 1.29 is 27.5 Å². The Morgan fingerprint density at radius 1 is 1.11 bits per heavy atom. The number of methoxy groups -OCH3 is 1. The van der Waals surface area contributed by atoms with Crippen LogP contribution < -0.4 is 25.0 Å². The molecular formula is C26H34N4O6S. The van der Waals surface area contributed by atoms with Gasteiger partial charge in [0.1, 0.15) is 5.75 Å². The molecule has 0 spiro atoms. The van der Waals surface area contributed by atoms with Crippen molar-refractivity contribution in [3.8, 4) is 5.75 Å². The fraction of sp³-hybridized carbons (Fsp3) is 0.423. The Morgan fingerprint density at radius 3 is 2.27 bits per heavy atom. The van der Waals surface area contributed by atoms with Crippen LogP contribution in [-0.2, 0) is 20.2 Å². The largest absolute Gasteiger partial charge is 0.496 e. The summed E-state index contributed by atoms with van der Waals surface area (Å²) in [6.45, 7) is 9.71. The van der Waals surface area contributed by atoms with E-state index in [0.717, 1.165) is 4.90 Å². The second-order valence-electron chi connectivity index (χ2n) is 10.3. The van der Waals surface area contributed by atoms with Crippen LogP contribution in [0.3, 0.4) is 0 Å². The van der Waals surface area contributed by atoms with Gasteiger partial charge in [0.15, 0.2) is 0 Å². The number of sulfonamides is 1. The number of anilines is 3. The first-order chi connectivity index (χ1) is 17.2. The molecular weight excluding hydrogens is 496 g/mol. The van der Waals surface area contributed by atoms with E-state index in [1.807, 2.05) is 34.6 Å². The molecule has 0 aliphatic carbocycles. The van der Waals surface area contributed by atoms with Crippen LogP contribution in [-0.4, -0.2) is 45.7 Å². The molecule has 0 saturated carbocycles. The molecule has 2 aromatic rings. The van der Waals surface area contributed by atoms with Gasteiger partial charge in [-0.1, -0.05) is 34.6 Å². The summed E-state index contributed by atoms with van der Waals surface area (Å²) in [6, 6.07) is 8.86. The number of benzene rings is 2. The Hall–Kier alpha value is -3.60. The number of nitrogens with zero attached hydrogens (tertiary/aromatic N) is 1. The summed E-state index contributed by atoms with van der Waals surface area (Å²) in [6.07, 6.45) is 0.150. The lowest BCUT2D eigenvalue weighted by Crippen LogP contribution is -2.50. The zero-order valence-corrected chi connectivity index (χ0v) is 22.8. The van der Waals surface area contributed by atoms with Crippen LogP contribution in [0.2, 0.25) is 0 Å². The van der Waals surface area contributed by atoms with Gasteiger partial charge in [-0.15, -0.1) is 0 Å². The topological polar surface area (TPSA) is 134 Å². The van der Waals surface area contributed by atoms with Crippen LogP contribution in [0.5, 0.6) is 5.75 Å². The van der Waals surface area contributed by atoms with Crippen molar-refractivity contribution in [2.24, 2.45) is 5.92 Å². The van der Waals surface area contributed by atoms with Crippen LogP contribution in [0, 0.1) is 5.92 Å². The number of amides is 4. The molecule has 4 amide bonds. The highest BCUT2D eigenvalue weighted by Crippen LogP contribution is 2.38. The average Bonchev–Trinajstić information content (AvgIpc) is 2.78. The molecule has 10 nitrogen and oxygen atoms in total. The minimum Gasteiger partial charge on any atom is -0.496 e. The predicted molar refractivity (Wildman–Crippen MR) is 144 cm³/mol. The molecule has 37 heavy (non-hydrogen) atoms. The third-order valence-electron chi connectivity index (χ3n) is 5.63. The van der Waals surface area contributed by atoms with E-state index in [9.17, 15) is 22.8 Å². The van der Waals surface area contributed by atoms with E-state index in [1.165, 1.54) is 13.2 Å². The van der Waals surface area contributed by atoms with Crippen molar-refractivity contribution in [1.82, 2.24) is 5.32 Å². The minimum atomic E-state index is -3.48. The maximum atomic E-state index is 13.4. The van der Waals surface area contributed by atoms with Gasteiger partial charge in [0.05, 0.1) is 24.1 Å². The van der Waals surface area contributed by atoms with Crippen molar-refractivity contribution in [1.29, 1.82) is 0 Å². The van der Waals surface area contributed by atoms with Gasteiger partial charge in [-0.3, -0.25) is 14.3 Å². The molecule has 1 saturated heterocycles. The van der Waals surface area contributed by atoms with E-state index in [-0.39, 0.29) is 41.8 Å². The second-order valence-corrected chi connectivity index (χ2v) is 12.1. The normalized spacial score (nSPS) is 14.4. The number of ether oxygens (including phenoxy) is 1. The monoisotopic (exact) mass is 530 g/mol. The number of urea groups is 1. The van der Waals surface area contributed by atoms with Gasteiger partial charge >= 0.3 is 6.03 Å². The Kier molecular flexibility index (Phi) is 8.16. The highest BCUT2D eigenvalue weighted by atomic mass is 32.2. The summed E-state index contributed by atoms with van der Waals surface area (Å²) in [7, 11) is -2.03. The first kappa shape index (κ1) is 28.0. The molecule has 3 N–H and O–H groups in total. The molecule has 11 heteroatoms. The summed E-state index contributed by atoms with van der Waals surface area (Å²) < 4.78 is 32.5. The first-order valence-corrected chi connectivity index (χ1v) is 13.6. The summed E-state index contributed by atoms with van der Waals surface area (Å²) in [5, 5.41) is 5.44. The van der Waals surface area contributed by atoms with Gasteiger partial charge in [-0.2, -0.15) is 0 Å². The summed E-state index contributed by atoms with van der Waals surface area (Å²) >= 11 is 0. The quantitative estimate of drug-likeness (QED) is 0.471. The molecule has 0 bridgehead atoms. The SMILES string of the molecule is COc1c(C(=O)Nc2ccc(NS(=O)(=O)CC(C)C)cc2)cc(N2C(=O)CCNC2=O)cc1C(C)(C)C. The molecule has 0 unspecified atom stereocenters. The smallest absolute Gasteiger partial charge is 0.328 e. The Bertz CT molecular complexity index is 1280. The highest BCUT2D eigenvalue weighted by Gasteiger charge is 2.32. The van der Waals surface area contributed by atoms with Crippen LogP contribution in [0.1, 0.15) is 57.0 Å². The lowest BCUT2D eigenvalue weighted by Gasteiger charge is -2.30. The first-order valence-electron chi connectivity index (χ1n) is 12.0. The number of nitrogens with one attached hydrogen (secondary N) is 3. The standard InChI is InChI=1S/C26H34N4O6S/c1-16(2)15-37(34,35)29-18-9-7-17(8-10-18)28-24(32)20-13-19(30-22(31)11-12-27-25(30)33)14-21(23(20)36-6)26(3,4)5/h7-10,13-14,16,29H,11-12,15H2,1-6H3,(H,27,33)(H,28,32). The van der Waals surface area contributed by atoms with Crippen molar-refractivity contribution in [2.75, 3.05) is 34.3 Å². The number of carbonyl (C=O) groups is 3. The van der Waals surface area contributed by atoms with Gasteiger partial charge in [-0.25, -0.2) is 18.1 Å². The van der Waals surface area contributed by atoms with Crippen molar-refractivity contribution in [3.05, 3.63) is 47.5 Å². The third-order valence-corrected chi connectivity index (χ3v) is 7.28. The molecule has 0 radical (unpaired) electrons. The van der Waals surface area contributed by atoms with Crippen LogP contribution in [0.25, 0.3) is 0 Å². The van der Waals surface area contributed by atoms with E-state index in [2.05, 4.69) is 15.4 Å². The van der Waals surface area contributed by atoms with Crippen LogP contribution in [0.15, 0.2) is 36.4 Å². The van der Waals surface area contributed by atoms with E-state index >= 15 is 0 Å². The van der Waals surface area contributed by atoms with E-state index in [1.54, 1.807) is 30.3 Å². The number of imide groups is 1. The number of carbonyl (C=O) groups excluding carboxylic acids is 3. The number of hydrogen-bond acceptors (Lipinski definition) is 6. The Morgan fingerprint density at radius 2 is 1.73 bits per heavy atom. The zero-order valence-electron chi connectivity index (χ0n) is 22.0. The molecule has 3 rings (SSSR count). The molecule has 200 valence electrons. The van der Waals surface area contributed by atoms with Gasteiger partial charge in [0.25, 0.3) is 5.91 Å². The zero-order chi connectivity index (χ0) is 27.5. The molecule has 1 aliphatic heterocycles. The fourth-order valence-corrected chi connectivity index (χ4v) is 5.47. The van der Waals surface area contributed by atoms with Gasteiger partial charge < -0.3 is 15.4 Å². The molecule has 2 aromatic carbocycles. The number of rotatable bonds is 8. The summed E-state index contributed by atoms with van der Waals surface area (Å²) in [5.74, 6) is -0.574. The fourth-order valence-electron chi connectivity index (χ4n) is 4.01. The molecule has 1 heterocycles. The van der Waals surface area contributed by atoms with Gasteiger partial charge in [0.2, 0.25) is 15.9 Å².